The molecule has 0 radical (unpaired) electrons. The van der Waals surface area contributed by atoms with Crippen LogP contribution in [0.3, 0.4) is 0 Å². The molecule has 0 aliphatic rings. The molecular formula is C32H29Cl2F3N4O8. The Morgan fingerprint density at radius 3 is 2.27 bits per heavy atom. The van der Waals surface area contributed by atoms with Crippen molar-refractivity contribution in [3.05, 3.63) is 110 Å². The van der Waals surface area contributed by atoms with Crippen LogP contribution in [-0.4, -0.2) is 51.6 Å². The minimum absolute atomic E-state index is 0.0466. The number of benzene rings is 3. The Hall–Kier alpha value is -5.15. The van der Waals surface area contributed by atoms with E-state index in [9.17, 15) is 37.7 Å². The molecule has 0 aliphatic heterocycles. The Bertz CT molecular complexity index is 1780. The smallest absolute Gasteiger partial charge is 0.416 e. The van der Waals surface area contributed by atoms with Gasteiger partial charge < -0.3 is 14.2 Å². The van der Waals surface area contributed by atoms with E-state index in [4.69, 9.17) is 32.7 Å². The van der Waals surface area contributed by atoms with Crippen molar-refractivity contribution in [2.75, 3.05) is 24.0 Å². The van der Waals surface area contributed by atoms with Crippen LogP contribution in [0.25, 0.3) is 0 Å². The minimum atomic E-state index is -4.61. The van der Waals surface area contributed by atoms with Crippen molar-refractivity contribution in [1.82, 2.24) is 9.78 Å². The summed E-state index contributed by atoms with van der Waals surface area (Å²) in [5.74, 6) is -2.53. The normalized spacial score (nSPS) is 10.8. The molecular weight excluding hydrogens is 696 g/mol. The van der Waals surface area contributed by atoms with Crippen LogP contribution in [0.4, 0.5) is 24.5 Å². The first-order chi connectivity index (χ1) is 23.2. The van der Waals surface area contributed by atoms with E-state index in [0.717, 1.165) is 47.1 Å². The first-order valence-corrected chi connectivity index (χ1v) is 15.1. The number of carbonyl (C=O) groups is 3. The third-order valence-corrected chi connectivity index (χ3v) is 6.99. The highest BCUT2D eigenvalue weighted by atomic mass is 35.5. The van der Waals surface area contributed by atoms with Crippen LogP contribution >= 0.6 is 23.2 Å². The van der Waals surface area contributed by atoms with Gasteiger partial charge >= 0.3 is 18.1 Å². The van der Waals surface area contributed by atoms with Crippen LogP contribution in [0, 0.1) is 24.0 Å². The van der Waals surface area contributed by atoms with E-state index >= 15 is 0 Å². The number of ether oxygens (including phenoxy) is 3. The molecule has 0 N–H and O–H groups in total. The second-order valence-corrected chi connectivity index (χ2v) is 10.6. The van der Waals surface area contributed by atoms with Gasteiger partial charge in [-0.1, -0.05) is 29.8 Å². The number of rotatable bonds is 11. The number of hydrogen-bond donors (Lipinski definition) is 0. The van der Waals surface area contributed by atoms with Gasteiger partial charge in [-0.05, 0) is 62.2 Å². The number of aryl methyl sites for hydroxylation is 2. The number of alkyl halides is 4. The number of carbonyl (C=O) groups excluding carboxylic acids is 3. The first-order valence-electron chi connectivity index (χ1n) is 14.2. The summed E-state index contributed by atoms with van der Waals surface area (Å²) < 4.78 is 54.5. The predicted octanol–water partition coefficient (Wildman–Crippen LogP) is 7.51. The van der Waals surface area contributed by atoms with Gasteiger partial charge in [-0.25, -0.2) is 9.59 Å². The average molecular weight is 726 g/mol. The molecule has 4 rings (SSSR count). The van der Waals surface area contributed by atoms with Crippen molar-refractivity contribution < 1.29 is 46.7 Å². The molecule has 17 heteroatoms. The zero-order chi connectivity index (χ0) is 36.3. The highest BCUT2D eigenvalue weighted by Crippen LogP contribution is 2.37. The largest absolute Gasteiger partial charge is 0.463 e. The molecule has 1 aromatic heterocycles. The Morgan fingerprint density at radius 2 is 1.71 bits per heavy atom. The molecule has 0 unspecified atom stereocenters. The lowest BCUT2D eigenvalue weighted by Gasteiger charge is -2.25. The monoisotopic (exact) mass is 724 g/mol. The third kappa shape index (κ3) is 10.7. The second-order valence-electron chi connectivity index (χ2n) is 9.95. The van der Waals surface area contributed by atoms with E-state index in [0.29, 0.717) is 12.7 Å². The molecule has 4 aromatic rings. The summed E-state index contributed by atoms with van der Waals surface area (Å²) in [4.78, 5) is 47.5. The highest BCUT2D eigenvalue weighted by Gasteiger charge is 2.31. The van der Waals surface area contributed by atoms with E-state index in [1.165, 1.54) is 6.92 Å². The maximum atomic E-state index is 12.7. The van der Waals surface area contributed by atoms with Crippen molar-refractivity contribution in [2.24, 2.45) is 0 Å². The van der Waals surface area contributed by atoms with Crippen LogP contribution in [0.15, 0.2) is 73.1 Å². The average Bonchev–Trinajstić information content (AvgIpc) is 3.57. The molecule has 0 saturated carbocycles. The zero-order valence-corrected chi connectivity index (χ0v) is 27.7. The fraction of sp³-hybridized carbons (Fsp3) is 0.250. The number of para-hydroxylation sites is 1. The van der Waals surface area contributed by atoms with E-state index in [1.807, 2.05) is 44.3 Å². The maximum absolute atomic E-state index is 12.7. The summed E-state index contributed by atoms with van der Waals surface area (Å²) in [7, 11) is 0. The number of aromatic nitrogens is 2. The summed E-state index contributed by atoms with van der Waals surface area (Å²) in [6.45, 7) is 5.16. The Morgan fingerprint density at radius 1 is 1.02 bits per heavy atom. The molecule has 0 atom stereocenters. The van der Waals surface area contributed by atoms with E-state index in [-0.39, 0.29) is 34.9 Å². The van der Waals surface area contributed by atoms with Crippen molar-refractivity contribution >= 4 is 52.4 Å². The van der Waals surface area contributed by atoms with Gasteiger partial charge in [-0.15, -0.1) is 11.6 Å². The SMILES string of the molecule is CCOC(=O)COC(=O)c1cc(Oc2ccc(C(F)(F)F)cc2Cl)ccc1[N+](=O)[O-].Cc1cccc(C)c1N(Cn1cccn1)C(=O)CCl. The van der Waals surface area contributed by atoms with Crippen LogP contribution in [-0.2, 0) is 31.9 Å². The quantitative estimate of drug-likeness (QED) is 0.0664. The molecule has 0 spiro atoms. The van der Waals surface area contributed by atoms with Crippen molar-refractivity contribution in [2.45, 2.75) is 33.6 Å². The van der Waals surface area contributed by atoms with Crippen molar-refractivity contribution in [3.8, 4) is 11.5 Å². The van der Waals surface area contributed by atoms with Gasteiger partial charge in [0.05, 0.1) is 27.8 Å². The molecule has 3 aromatic carbocycles. The van der Waals surface area contributed by atoms with Crippen LogP contribution in [0.5, 0.6) is 11.5 Å². The summed E-state index contributed by atoms with van der Waals surface area (Å²) >= 11 is 11.5. The third-order valence-electron chi connectivity index (χ3n) is 6.47. The molecule has 0 aliphatic carbocycles. The fourth-order valence-corrected chi connectivity index (χ4v) is 4.66. The number of nitrogens with zero attached hydrogens (tertiary/aromatic N) is 4. The molecule has 49 heavy (non-hydrogen) atoms. The molecule has 0 saturated heterocycles. The Balaban J connectivity index is 0.000000293. The van der Waals surface area contributed by atoms with Crippen LogP contribution < -0.4 is 9.64 Å². The summed E-state index contributed by atoms with van der Waals surface area (Å²) in [6, 6.07) is 13.1. The maximum Gasteiger partial charge on any atom is 0.416 e. The van der Waals surface area contributed by atoms with Gasteiger partial charge in [0.15, 0.2) is 6.61 Å². The topological polar surface area (TPSA) is 143 Å². The predicted molar refractivity (Wildman–Crippen MR) is 173 cm³/mol. The minimum Gasteiger partial charge on any atom is -0.463 e. The van der Waals surface area contributed by atoms with Gasteiger partial charge in [0.2, 0.25) is 5.91 Å². The van der Waals surface area contributed by atoms with Crippen LogP contribution in [0.1, 0.15) is 34.0 Å². The van der Waals surface area contributed by atoms with Crippen molar-refractivity contribution in [1.29, 1.82) is 0 Å². The zero-order valence-electron chi connectivity index (χ0n) is 26.2. The summed E-state index contributed by atoms with van der Waals surface area (Å²) in [6.07, 6.45) is -1.10. The number of esters is 2. The van der Waals surface area contributed by atoms with Gasteiger partial charge in [0.1, 0.15) is 29.6 Å². The van der Waals surface area contributed by atoms with E-state index < -0.39 is 46.5 Å². The Labute approximate surface area is 288 Å². The first kappa shape index (κ1) is 38.3. The lowest BCUT2D eigenvalue weighted by atomic mass is 10.1. The number of hydrogen-bond acceptors (Lipinski definition) is 9. The fourth-order valence-electron chi connectivity index (χ4n) is 4.30. The van der Waals surface area contributed by atoms with Gasteiger partial charge in [-0.2, -0.15) is 18.3 Å². The van der Waals surface area contributed by atoms with E-state index in [1.54, 1.807) is 15.8 Å². The molecule has 0 bridgehead atoms. The standard InChI is InChI=1S/C18H13ClF3NO7.C14H16ClN3O/c1-2-28-16(24)9-29-17(25)12-8-11(4-5-14(12)23(26)27)30-15-6-3-10(7-13(15)19)18(20,21)22;1-11-5-3-6-12(2)14(11)18(13(19)9-15)10-17-8-4-7-16-17/h3-8H,2,9H2,1H3;3-8H,9-10H2,1-2H3. The van der Waals surface area contributed by atoms with Crippen LogP contribution in [0.2, 0.25) is 5.02 Å². The number of nitro benzene ring substituents is 1. The number of amides is 1. The van der Waals surface area contributed by atoms with E-state index in [2.05, 4.69) is 9.84 Å². The molecule has 1 heterocycles. The van der Waals surface area contributed by atoms with Gasteiger partial charge in [-0.3, -0.25) is 24.5 Å². The number of halogens is 5. The summed E-state index contributed by atoms with van der Waals surface area (Å²) in [5.41, 5.74) is 0.839. The molecule has 12 nitrogen and oxygen atoms in total. The Kier molecular flexibility index (Phi) is 13.5. The lowest BCUT2D eigenvalue weighted by molar-refractivity contribution is -0.385. The molecule has 0 fully saturated rings. The highest BCUT2D eigenvalue weighted by molar-refractivity contribution is 6.32. The van der Waals surface area contributed by atoms with Crippen molar-refractivity contribution in [3.63, 3.8) is 0 Å². The molecule has 260 valence electrons. The summed E-state index contributed by atoms with van der Waals surface area (Å²) in [5, 5.41) is 14.9. The number of nitro groups is 1. The van der Waals surface area contributed by atoms with Gasteiger partial charge in [0, 0.05) is 24.5 Å². The number of anilines is 1. The van der Waals surface area contributed by atoms with Gasteiger partial charge in [0.25, 0.3) is 5.69 Å². The second kappa shape index (κ2) is 17.3. The molecule has 1 amide bonds. The lowest BCUT2D eigenvalue weighted by Crippen LogP contribution is -2.35.